The van der Waals surface area contributed by atoms with E-state index < -0.39 is 7.14 Å². The summed E-state index contributed by atoms with van der Waals surface area (Å²) in [6.45, 7) is 3.50. The summed E-state index contributed by atoms with van der Waals surface area (Å²) in [4.78, 5) is 8.77. The van der Waals surface area contributed by atoms with Gasteiger partial charge in [0.1, 0.15) is 12.2 Å². The average molecular weight is 365 g/mol. The van der Waals surface area contributed by atoms with Crippen molar-refractivity contribution in [3.63, 3.8) is 0 Å². The maximum Gasteiger partial charge on any atom is 0.224 e. The van der Waals surface area contributed by atoms with Crippen LogP contribution in [-0.4, -0.2) is 29.3 Å². The number of halogens is 1. The van der Waals surface area contributed by atoms with E-state index >= 15 is 0 Å². The molecule has 0 saturated heterocycles. The number of aromatic nitrogens is 2. The molecule has 7 heteroatoms. The van der Waals surface area contributed by atoms with Crippen molar-refractivity contribution in [3.05, 3.63) is 35.5 Å². The van der Waals surface area contributed by atoms with E-state index in [4.69, 9.17) is 11.6 Å². The molecule has 0 bridgehead atoms. The smallest absolute Gasteiger partial charge is 0.224 e. The number of hydrogen-bond donors (Lipinski definition) is 2. The Morgan fingerprint density at radius 3 is 2.62 bits per heavy atom. The van der Waals surface area contributed by atoms with Gasteiger partial charge in [0, 0.05) is 11.3 Å². The quantitative estimate of drug-likeness (QED) is 0.766. The highest BCUT2D eigenvalue weighted by molar-refractivity contribution is 7.70. The summed E-state index contributed by atoms with van der Waals surface area (Å²) >= 11 is 6.25. The largest absolute Gasteiger partial charge is 0.351 e. The van der Waals surface area contributed by atoms with Gasteiger partial charge in [-0.2, -0.15) is 4.98 Å². The van der Waals surface area contributed by atoms with Gasteiger partial charge in [-0.05, 0) is 38.3 Å². The number of anilines is 3. The van der Waals surface area contributed by atoms with Gasteiger partial charge in [0.15, 0.2) is 5.82 Å². The maximum atomic E-state index is 12.5. The SMILES string of the molecule is CP(C)(=O)c1ccccc1Nc1nc(NC2CCCC2)ncc1Cl. The lowest BCUT2D eigenvalue weighted by Crippen LogP contribution is -2.17. The lowest BCUT2D eigenvalue weighted by atomic mass is 10.2. The zero-order chi connectivity index (χ0) is 17.2. The van der Waals surface area contributed by atoms with Crippen LogP contribution in [0.4, 0.5) is 17.5 Å². The first-order valence-corrected chi connectivity index (χ1v) is 11.1. The van der Waals surface area contributed by atoms with Crippen molar-refractivity contribution in [2.75, 3.05) is 24.0 Å². The Kier molecular flexibility index (Phi) is 5.12. The highest BCUT2D eigenvalue weighted by Gasteiger charge is 2.18. The van der Waals surface area contributed by atoms with Crippen LogP contribution in [-0.2, 0) is 4.57 Å². The second kappa shape index (κ2) is 7.12. The van der Waals surface area contributed by atoms with Gasteiger partial charge in [0.05, 0.1) is 11.9 Å². The van der Waals surface area contributed by atoms with Crippen LogP contribution in [0.5, 0.6) is 0 Å². The van der Waals surface area contributed by atoms with Crippen molar-refractivity contribution < 1.29 is 4.57 Å². The van der Waals surface area contributed by atoms with Crippen molar-refractivity contribution in [2.24, 2.45) is 0 Å². The topological polar surface area (TPSA) is 66.9 Å². The molecule has 1 aromatic carbocycles. The van der Waals surface area contributed by atoms with Crippen LogP contribution in [0.25, 0.3) is 0 Å². The molecule has 0 atom stereocenters. The van der Waals surface area contributed by atoms with Gasteiger partial charge in [0.25, 0.3) is 0 Å². The fraction of sp³-hybridized carbons (Fsp3) is 0.412. The highest BCUT2D eigenvalue weighted by atomic mass is 35.5. The second-order valence-electron chi connectivity index (χ2n) is 6.51. The van der Waals surface area contributed by atoms with Crippen LogP contribution in [0, 0.1) is 0 Å². The molecule has 3 rings (SSSR count). The van der Waals surface area contributed by atoms with E-state index in [0.717, 1.165) is 23.8 Å². The van der Waals surface area contributed by atoms with Crippen LogP contribution in [0.15, 0.2) is 30.5 Å². The fourth-order valence-corrected chi connectivity index (χ4v) is 4.25. The molecule has 1 saturated carbocycles. The molecule has 0 spiro atoms. The summed E-state index contributed by atoms with van der Waals surface area (Å²) in [6, 6.07) is 7.97. The summed E-state index contributed by atoms with van der Waals surface area (Å²) in [5.41, 5.74) is 0.762. The number of benzene rings is 1. The van der Waals surface area contributed by atoms with Crippen molar-refractivity contribution in [1.82, 2.24) is 9.97 Å². The standard InChI is InChI=1S/C17H22ClN4OP/c1-24(2,23)15-10-6-5-9-14(15)21-16-13(18)11-19-17(22-16)20-12-7-3-4-8-12/h5-6,9-12H,3-4,7-8H2,1-2H3,(H2,19,20,21,22). The van der Waals surface area contributed by atoms with Gasteiger partial charge in [-0.3, -0.25) is 0 Å². The molecule has 1 fully saturated rings. The minimum absolute atomic E-state index is 0.429. The molecule has 128 valence electrons. The van der Waals surface area contributed by atoms with Gasteiger partial charge >= 0.3 is 0 Å². The van der Waals surface area contributed by atoms with E-state index in [2.05, 4.69) is 20.6 Å². The highest BCUT2D eigenvalue weighted by Crippen LogP contribution is 2.38. The predicted molar refractivity (Wildman–Crippen MR) is 102 cm³/mol. The lowest BCUT2D eigenvalue weighted by Gasteiger charge is -2.16. The number of para-hydroxylation sites is 1. The molecule has 1 heterocycles. The average Bonchev–Trinajstić information content (AvgIpc) is 3.03. The van der Waals surface area contributed by atoms with Gasteiger partial charge in [-0.1, -0.05) is 36.6 Å². The Bertz CT molecular complexity index is 771. The minimum Gasteiger partial charge on any atom is -0.351 e. The summed E-state index contributed by atoms with van der Waals surface area (Å²) in [5, 5.41) is 7.80. The Balaban J connectivity index is 1.86. The van der Waals surface area contributed by atoms with Crippen LogP contribution < -0.4 is 15.9 Å². The van der Waals surface area contributed by atoms with Crippen LogP contribution in [0.1, 0.15) is 25.7 Å². The first-order valence-electron chi connectivity index (χ1n) is 8.14. The van der Waals surface area contributed by atoms with E-state index in [9.17, 15) is 4.57 Å². The number of nitrogens with zero attached hydrogens (tertiary/aromatic N) is 2. The molecular weight excluding hydrogens is 343 g/mol. The Morgan fingerprint density at radius 1 is 1.21 bits per heavy atom. The molecule has 1 aromatic heterocycles. The molecule has 0 amide bonds. The zero-order valence-electron chi connectivity index (χ0n) is 13.9. The normalized spacial score (nSPS) is 15.5. The Morgan fingerprint density at radius 2 is 1.92 bits per heavy atom. The van der Waals surface area contributed by atoms with E-state index in [1.54, 1.807) is 19.5 Å². The molecule has 0 aliphatic heterocycles. The lowest BCUT2D eigenvalue weighted by molar-refractivity contribution is 0.588. The molecule has 2 aromatic rings. The van der Waals surface area contributed by atoms with Crippen LogP contribution >= 0.6 is 18.7 Å². The Hall–Kier alpha value is -1.58. The van der Waals surface area contributed by atoms with E-state index in [0.29, 0.717) is 22.8 Å². The molecule has 2 N–H and O–H groups in total. The molecule has 1 aliphatic carbocycles. The third-order valence-electron chi connectivity index (χ3n) is 4.17. The first-order chi connectivity index (χ1) is 11.4. The maximum absolute atomic E-state index is 12.5. The van der Waals surface area contributed by atoms with E-state index in [1.807, 2.05) is 24.3 Å². The van der Waals surface area contributed by atoms with Crippen LogP contribution in [0.3, 0.4) is 0 Å². The molecule has 0 unspecified atom stereocenters. The van der Waals surface area contributed by atoms with Crippen molar-refractivity contribution >= 4 is 41.5 Å². The van der Waals surface area contributed by atoms with Gasteiger partial charge in [-0.25, -0.2) is 4.98 Å². The first kappa shape index (κ1) is 17.2. The van der Waals surface area contributed by atoms with Crippen molar-refractivity contribution in [3.8, 4) is 0 Å². The number of nitrogens with one attached hydrogen (secondary N) is 2. The second-order valence-corrected chi connectivity index (χ2v) is 10.1. The molecule has 24 heavy (non-hydrogen) atoms. The molecule has 0 radical (unpaired) electrons. The predicted octanol–water partition coefficient (Wildman–Crippen LogP) is 4.48. The van der Waals surface area contributed by atoms with Gasteiger partial charge in [0.2, 0.25) is 5.95 Å². The summed E-state index contributed by atoms with van der Waals surface area (Å²) in [5.74, 6) is 1.09. The molecule has 1 aliphatic rings. The summed E-state index contributed by atoms with van der Waals surface area (Å²) in [7, 11) is -2.41. The van der Waals surface area contributed by atoms with Crippen LogP contribution in [0.2, 0.25) is 5.02 Å². The molecule has 5 nitrogen and oxygen atoms in total. The fourth-order valence-electron chi connectivity index (χ4n) is 2.95. The van der Waals surface area contributed by atoms with Gasteiger partial charge < -0.3 is 15.2 Å². The number of hydrogen-bond acceptors (Lipinski definition) is 5. The third-order valence-corrected chi connectivity index (χ3v) is 6.00. The number of rotatable bonds is 5. The summed E-state index contributed by atoms with van der Waals surface area (Å²) in [6.07, 6.45) is 6.37. The van der Waals surface area contributed by atoms with Gasteiger partial charge in [-0.15, -0.1) is 0 Å². The minimum atomic E-state index is -2.41. The van der Waals surface area contributed by atoms with Crippen molar-refractivity contribution in [1.29, 1.82) is 0 Å². The van der Waals surface area contributed by atoms with E-state index in [-0.39, 0.29) is 0 Å². The molecular formula is C17H22ClN4OP. The summed E-state index contributed by atoms with van der Waals surface area (Å²) < 4.78 is 12.5. The third kappa shape index (κ3) is 4.08. The van der Waals surface area contributed by atoms with E-state index in [1.165, 1.54) is 12.8 Å². The van der Waals surface area contributed by atoms with Crippen molar-refractivity contribution in [2.45, 2.75) is 31.7 Å². The Labute approximate surface area is 147 Å². The zero-order valence-corrected chi connectivity index (χ0v) is 15.6. The monoisotopic (exact) mass is 364 g/mol.